The van der Waals surface area contributed by atoms with Gasteiger partial charge in [0.2, 0.25) is 0 Å². The van der Waals surface area contributed by atoms with Crippen molar-refractivity contribution in [3.05, 3.63) is 28.2 Å². The molecule has 4 heteroatoms. The van der Waals surface area contributed by atoms with Gasteiger partial charge in [-0.1, -0.05) is 22.4 Å². The summed E-state index contributed by atoms with van der Waals surface area (Å²) in [5.41, 5.74) is 1.24. The van der Waals surface area contributed by atoms with Crippen LogP contribution in [0.2, 0.25) is 0 Å². The first-order chi connectivity index (χ1) is 9.22. The number of benzene rings is 1. The van der Waals surface area contributed by atoms with Gasteiger partial charge in [0.05, 0.1) is 7.11 Å². The highest BCUT2D eigenvalue weighted by Crippen LogP contribution is 2.27. The fourth-order valence-corrected chi connectivity index (χ4v) is 3.35. The van der Waals surface area contributed by atoms with E-state index in [0.717, 1.165) is 22.6 Å². The molecule has 0 spiro atoms. The molecule has 0 amide bonds. The molecule has 2 nitrogen and oxygen atoms in total. The van der Waals surface area contributed by atoms with Gasteiger partial charge in [0.25, 0.3) is 0 Å². The third-order valence-corrected chi connectivity index (χ3v) is 5.05. The lowest BCUT2D eigenvalue weighted by Crippen LogP contribution is -2.34. The second kappa shape index (κ2) is 7.51. The van der Waals surface area contributed by atoms with Crippen LogP contribution in [-0.4, -0.2) is 19.0 Å². The van der Waals surface area contributed by atoms with Crippen LogP contribution in [0.3, 0.4) is 0 Å². The van der Waals surface area contributed by atoms with Crippen LogP contribution in [-0.2, 0) is 6.54 Å². The van der Waals surface area contributed by atoms with E-state index in [9.17, 15) is 0 Å². The Morgan fingerprint density at radius 2 is 2.26 bits per heavy atom. The first-order valence-corrected chi connectivity index (χ1v) is 8.17. The molecule has 0 aromatic heterocycles. The summed E-state index contributed by atoms with van der Waals surface area (Å²) in [7, 11) is 1.70. The number of nitrogens with one attached hydrogen (secondary N) is 1. The zero-order valence-corrected chi connectivity index (χ0v) is 13.6. The van der Waals surface area contributed by atoms with E-state index >= 15 is 0 Å². The lowest BCUT2D eigenvalue weighted by molar-refractivity contribution is 0.303. The maximum absolute atomic E-state index is 5.98. The molecule has 0 bridgehead atoms. The predicted molar refractivity (Wildman–Crippen MR) is 84.0 cm³/mol. The molecule has 0 saturated heterocycles. The lowest BCUT2D eigenvalue weighted by atomic mass is 9.87. The topological polar surface area (TPSA) is 21.3 Å². The molecular formula is C15H21BrClNO. The van der Waals surface area contributed by atoms with Gasteiger partial charge < -0.3 is 10.1 Å². The van der Waals surface area contributed by atoms with Gasteiger partial charge in [-0.05, 0) is 48.9 Å². The number of methoxy groups -OCH3 is 1. The third kappa shape index (κ3) is 4.37. The van der Waals surface area contributed by atoms with Gasteiger partial charge >= 0.3 is 0 Å². The number of halogens is 2. The van der Waals surface area contributed by atoms with Crippen molar-refractivity contribution in [2.45, 2.75) is 38.3 Å². The Balaban J connectivity index is 1.91. The van der Waals surface area contributed by atoms with Crippen molar-refractivity contribution in [1.82, 2.24) is 5.32 Å². The minimum Gasteiger partial charge on any atom is -0.497 e. The molecule has 1 fully saturated rings. The molecular weight excluding hydrogens is 326 g/mol. The van der Waals surface area contributed by atoms with Crippen LogP contribution < -0.4 is 10.1 Å². The van der Waals surface area contributed by atoms with E-state index in [1.165, 1.54) is 31.2 Å². The van der Waals surface area contributed by atoms with E-state index in [1.807, 2.05) is 12.1 Å². The van der Waals surface area contributed by atoms with E-state index in [4.69, 9.17) is 16.3 Å². The molecule has 0 heterocycles. The molecule has 0 aliphatic heterocycles. The third-order valence-electron chi connectivity index (χ3n) is 3.84. The van der Waals surface area contributed by atoms with E-state index in [0.29, 0.717) is 12.0 Å². The minimum absolute atomic E-state index is 0.593. The summed E-state index contributed by atoms with van der Waals surface area (Å²) >= 11 is 9.57. The number of alkyl halides is 1. The van der Waals surface area contributed by atoms with Gasteiger partial charge in [0.15, 0.2) is 0 Å². The highest BCUT2D eigenvalue weighted by molar-refractivity contribution is 9.10. The Bertz CT molecular complexity index is 413. The van der Waals surface area contributed by atoms with Crippen molar-refractivity contribution in [2.24, 2.45) is 5.92 Å². The van der Waals surface area contributed by atoms with Gasteiger partial charge in [-0.3, -0.25) is 0 Å². The summed E-state index contributed by atoms with van der Waals surface area (Å²) in [5, 5.41) is 3.65. The maximum Gasteiger partial charge on any atom is 0.119 e. The van der Waals surface area contributed by atoms with Crippen LogP contribution in [0.15, 0.2) is 22.7 Å². The van der Waals surface area contributed by atoms with Crippen LogP contribution in [0.1, 0.15) is 31.2 Å². The van der Waals surface area contributed by atoms with Crippen molar-refractivity contribution >= 4 is 27.5 Å². The Morgan fingerprint density at radius 3 is 3.00 bits per heavy atom. The van der Waals surface area contributed by atoms with Gasteiger partial charge in [0, 0.05) is 22.9 Å². The van der Waals surface area contributed by atoms with Gasteiger partial charge in [-0.2, -0.15) is 0 Å². The van der Waals surface area contributed by atoms with E-state index in [1.54, 1.807) is 7.11 Å². The number of hydrogen-bond donors (Lipinski definition) is 1. The quantitative estimate of drug-likeness (QED) is 0.801. The zero-order valence-electron chi connectivity index (χ0n) is 11.3. The molecule has 1 saturated carbocycles. The molecule has 2 atom stereocenters. The van der Waals surface area contributed by atoms with Crippen molar-refractivity contribution in [1.29, 1.82) is 0 Å². The lowest BCUT2D eigenvalue weighted by Gasteiger charge is -2.28. The van der Waals surface area contributed by atoms with Gasteiger partial charge in [-0.25, -0.2) is 0 Å². The van der Waals surface area contributed by atoms with Crippen molar-refractivity contribution < 1.29 is 4.74 Å². The monoisotopic (exact) mass is 345 g/mol. The Hall–Kier alpha value is -0.250. The molecule has 106 valence electrons. The first-order valence-electron chi connectivity index (χ1n) is 6.84. The SMILES string of the molecule is COc1ccc(Br)c(CNC2CCCC(CCl)C2)c1. The second-order valence-electron chi connectivity index (χ2n) is 5.22. The summed E-state index contributed by atoms with van der Waals surface area (Å²) in [4.78, 5) is 0. The normalized spacial score (nSPS) is 23.3. The average molecular weight is 347 g/mol. The average Bonchev–Trinajstić information content (AvgIpc) is 2.46. The zero-order chi connectivity index (χ0) is 13.7. The largest absolute Gasteiger partial charge is 0.497 e. The van der Waals surface area contributed by atoms with Gasteiger partial charge in [0.1, 0.15) is 5.75 Å². The fraction of sp³-hybridized carbons (Fsp3) is 0.600. The highest BCUT2D eigenvalue weighted by Gasteiger charge is 2.20. The second-order valence-corrected chi connectivity index (χ2v) is 6.39. The summed E-state index contributed by atoms with van der Waals surface area (Å²) in [6.07, 6.45) is 5.03. The summed E-state index contributed by atoms with van der Waals surface area (Å²) < 4.78 is 6.40. The highest BCUT2D eigenvalue weighted by atomic mass is 79.9. The van der Waals surface area contributed by atoms with Crippen LogP contribution >= 0.6 is 27.5 Å². The van der Waals surface area contributed by atoms with Crippen LogP contribution in [0, 0.1) is 5.92 Å². The van der Waals surface area contributed by atoms with Gasteiger partial charge in [-0.15, -0.1) is 11.6 Å². The summed E-state index contributed by atoms with van der Waals surface area (Å²) in [6.45, 7) is 0.872. The molecule has 1 aromatic rings. The molecule has 2 rings (SSSR count). The molecule has 1 N–H and O–H groups in total. The first kappa shape index (κ1) is 15.1. The summed E-state index contributed by atoms with van der Waals surface area (Å²) in [6, 6.07) is 6.69. The number of ether oxygens (including phenoxy) is 1. The fourth-order valence-electron chi connectivity index (χ4n) is 2.68. The molecule has 1 aliphatic rings. The molecule has 1 aliphatic carbocycles. The van der Waals surface area contributed by atoms with Crippen LogP contribution in [0.5, 0.6) is 5.75 Å². The predicted octanol–water partition coefficient (Wildman–Crippen LogP) is 4.34. The van der Waals surface area contributed by atoms with E-state index in [2.05, 4.69) is 27.3 Å². The standard InChI is InChI=1S/C15H21BrClNO/c1-19-14-5-6-15(16)12(8-14)10-18-13-4-2-3-11(7-13)9-17/h5-6,8,11,13,18H,2-4,7,9-10H2,1H3. The number of hydrogen-bond acceptors (Lipinski definition) is 2. The minimum atomic E-state index is 0.593. The smallest absolute Gasteiger partial charge is 0.119 e. The van der Waals surface area contributed by atoms with Crippen molar-refractivity contribution in [3.8, 4) is 5.75 Å². The van der Waals surface area contributed by atoms with Crippen LogP contribution in [0.25, 0.3) is 0 Å². The Kier molecular flexibility index (Phi) is 5.99. The summed E-state index contributed by atoms with van der Waals surface area (Å²) in [5.74, 6) is 2.38. The van der Waals surface area contributed by atoms with Crippen molar-refractivity contribution in [2.75, 3.05) is 13.0 Å². The van der Waals surface area contributed by atoms with Crippen molar-refractivity contribution in [3.63, 3.8) is 0 Å². The Morgan fingerprint density at radius 1 is 1.42 bits per heavy atom. The number of rotatable bonds is 5. The Labute approximate surface area is 129 Å². The maximum atomic E-state index is 5.98. The molecule has 2 unspecified atom stereocenters. The molecule has 0 radical (unpaired) electrons. The molecule has 1 aromatic carbocycles. The van der Waals surface area contributed by atoms with E-state index in [-0.39, 0.29) is 0 Å². The molecule has 19 heavy (non-hydrogen) atoms. The van der Waals surface area contributed by atoms with Crippen LogP contribution in [0.4, 0.5) is 0 Å². The van der Waals surface area contributed by atoms with E-state index < -0.39 is 0 Å².